The van der Waals surface area contributed by atoms with E-state index in [9.17, 15) is 4.79 Å². The molecule has 23 heavy (non-hydrogen) atoms. The molecule has 0 radical (unpaired) electrons. The number of fused-ring (bicyclic) bond motifs is 2. The summed E-state index contributed by atoms with van der Waals surface area (Å²) in [5.74, 6) is 2.54. The summed E-state index contributed by atoms with van der Waals surface area (Å²) in [6.07, 6.45) is 0. The van der Waals surface area contributed by atoms with E-state index in [4.69, 9.17) is 0 Å². The van der Waals surface area contributed by atoms with Gasteiger partial charge < -0.3 is 10.3 Å². The number of anilines is 1. The van der Waals surface area contributed by atoms with E-state index < -0.39 is 0 Å². The van der Waals surface area contributed by atoms with Crippen molar-refractivity contribution in [3.8, 4) is 0 Å². The highest BCUT2D eigenvalue weighted by Crippen LogP contribution is 2.34. The van der Waals surface area contributed by atoms with Crippen LogP contribution in [-0.2, 0) is 18.6 Å². The second-order valence-corrected chi connectivity index (χ2v) is 6.93. The van der Waals surface area contributed by atoms with E-state index in [1.54, 1.807) is 4.68 Å². The van der Waals surface area contributed by atoms with Crippen LogP contribution in [0.2, 0.25) is 0 Å². The van der Waals surface area contributed by atoms with Gasteiger partial charge in [-0.25, -0.2) is 0 Å². The summed E-state index contributed by atoms with van der Waals surface area (Å²) in [5.41, 5.74) is 6.08. The molecule has 2 N–H and O–H groups in total. The molecule has 3 heterocycles. The van der Waals surface area contributed by atoms with Gasteiger partial charge >= 0.3 is 0 Å². The summed E-state index contributed by atoms with van der Waals surface area (Å²) in [5, 5.41) is 8.65. The number of amides is 1. The highest BCUT2D eigenvalue weighted by atomic mass is 32.2. The maximum Gasteiger partial charge on any atom is 0.258 e. The number of thioether (sulfide) groups is 1. The zero-order valence-electron chi connectivity index (χ0n) is 13.4. The summed E-state index contributed by atoms with van der Waals surface area (Å²) in [4.78, 5) is 16.2. The summed E-state index contributed by atoms with van der Waals surface area (Å²) >= 11 is 1.83. The number of aromatic amines is 1. The number of aryl methyl sites for hydroxylation is 3. The van der Waals surface area contributed by atoms with Crippen molar-refractivity contribution in [3.63, 3.8) is 0 Å². The zero-order valence-corrected chi connectivity index (χ0v) is 14.2. The van der Waals surface area contributed by atoms with Gasteiger partial charge in [0.1, 0.15) is 5.82 Å². The van der Waals surface area contributed by atoms with Crippen molar-refractivity contribution >= 4 is 34.4 Å². The van der Waals surface area contributed by atoms with Crippen LogP contribution in [-0.4, -0.2) is 20.7 Å². The van der Waals surface area contributed by atoms with Gasteiger partial charge in [-0.2, -0.15) is 16.9 Å². The van der Waals surface area contributed by atoms with Gasteiger partial charge in [0.05, 0.1) is 16.8 Å². The number of nitrogens with zero attached hydrogens (tertiary/aromatic N) is 2. The van der Waals surface area contributed by atoms with Gasteiger partial charge in [0.25, 0.3) is 5.91 Å². The van der Waals surface area contributed by atoms with Gasteiger partial charge in [-0.1, -0.05) is 12.1 Å². The number of rotatable bonds is 2. The molecule has 6 heteroatoms. The quantitative estimate of drug-likeness (QED) is 0.757. The van der Waals surface area contributed by atoms with E-state index in [-0.39, 0.29) is 5.91 Å². The Labute approximate surface area is 138 Å². The lowest BCUT2D eigenvalue weighted by atomic mass is 10.1. The highest BCUT2D eigenvalue weighted by molar-refractivity contribution is 7.98. The number of hydrogen-bond acceptors (Lipinski definition) is 3. The first-order chi connectivity index (χ1) is 11.1. The Morgan fingerprint density at radius 2 is 2.17 bits per heavy atom. The maximum absolute atomic E-state index is 12.8. The van der Waals surface area contributed by atoms with E-state index >= 15 is 0 Å². The Kier molecular flexibility index (Phi) is 3.23. The van der Waals surface area contributed by atoms with E-state index in [1.807, 2.05) is 43.9 Å². The molecule has 118 valence electrons. The number of aromatic nitrogens is 3. The van der Waals surface area contributed by atoms with Crippen molar-refractivity contribution in [2.45, 2.75) is 25.4 Å². The fourth-order valence-corrected chi connectivity index (χ4v) is 4.18. The van der Waals surface area contributed by atoms with Crippen molar-refractivity contribution in [1.29, 1.82) is 0 Å². The number of nitrogens with one attached hydrogen (secondary N) is 2. The first kappa shape index (κ1) is 14.4. The minimum absolute atomic E-state index is 0.0976. The molecule has 0 bridgehead atoms. The first-order valence-corrected chi connectivity index (χ1v) is 8.73. The molecule has 0 fully saturated rings. The molecule has 0 saturated carbocycles. The van der Waals surface area contributed by atoms with E-state index in [0.717, 1.165) is 45.2 Å². The standard InChI is InChI=1S/C17H18N4OS/c1-9-10(2)18-15-11(9)5-4-6-12(15)17(22)19-16-13-7-23-8-14(13)20-21(16)3/h4-6,18H,7-8H2,1-3H3,(H,19,22). The molecular weight excluding hydrogens is 308 g/mol. The molecule has 4 rings (SSSR count). The number of carbonyl (C=O) groups excluding carboxylic acids is 1. The van der Waals surface area contributed by atoms with E-state index in [2.05, 4.69) is 22.3 Å². The number of para-hydroxylation sites is 1. The lowest BCUT2D eigenvalue weighted by Gasteiger charge is -2.08. The minimum Gasteiger partial charge on any atom is -0.358 e. The van der Waals surface area contributed by atoms with Crippen LogP contribution in [0.3, 0.4) is 0 Å². The highest BCUT2D eigenvalue weighted by Gasteiger charge is 2.23. The van der Waals surface area contributed by atoms with E-state index in [0.29, 0.717) is 5.56 Å². The Morgan fingerprint density at radius 3 is 3.00 bits per heavy atom. The monoisotopic (exact) mass is 326 g/mol. The second-order valence-electron chi connectivity index (χ2n) is 5.95. The third kappa shape index (κ3) is 2.16. The van der Waals surface area contributed by atoms with Crippen molar-refractivity contribution in [2.75, 3.05) is 5.32 Å². The van der Waals surface area contributed by atoms with Crippen LogP contribution in [0, 0.1) is 13.8 Å². The number of hydrogen-bond donors (Lipinski definition) is 2. The molecule has 1 aliphatic heterocycles. The number of H-pyrrole nitrogens is 1. The lowest BCUT2D eigenvalue weighted by Crippen LogP contribution is -2.16. The maximum atomic E-state index is 12.8. The first-order valence-electron chi connectivity index (χ1n) is 7.58. The second kappa shape index (κ2) is 5.16. The smallest absolute Gasteiger partial charge is 0.258 e. The molecule has 0 spiro atoms. The van der Waals surface area contributed by atoms with Crippen molar-refractivity contribution < 1.29 is 4.79 Å². The van der Waals surface area contributed by atoms with Crippen LogP contribution in [0.15, 0.2) is 18.2 Å². The van der Waals surface area contributed by atoms with Crippen molar-refractivity contribution in [2.24, 2.45) is 7.05 Å². The molecule has 1 amide bonds. The largest absolute Gasteiger partial charge is 0.358 e. The van der Waals surface area contributed by atoms with Crippen LogP contribution in [0.5, 0.6) is 0 Å². The third-order valence-electron chi connectivity index (χ3n) is 4.53. The van der Waals surface area contributed by atoms with Crippen LogP contribution in [0.25, 0.3) is 10.9 Å². The molecule has 2 aromatic heterocycles. The molecule has 3 aromatic rings. The molecular formula is C17H18N4OS. The van der Waals surface area contributed by atoms with Gasteiger partial charge in [0, 0.05) is 35.2 Å². The third-order valence-corrected chi connectivity index (χ3v) is 5.50. The van der Waals surface area contributed by atoms with Crippen LogP contribution in [0.1, 0.15) is 32.9 Å². The fourth-order valence-electron chi connectivity index (χ4n) is 3.14. The topological polar surface area (TPSA) is 62.7 Å². The molecule has 0 unspecified atom stereocenters. The molecule has 0 saturated heterocycles. The van der Waals surface area contributed by atoms with Gasteiger partial charge in [-0.3, -0.25) is 9.48 Å². The van der Waals surface area contributed by atoms with Crippen molar-refractivity contribution in [3.05, 3.63) is 46.3 Å². The van der Waals surface area contributed by atoms with E-state index in [1.165, 1.54) is 5.56 Å². The van der Waals surface area contributed by atoms with Crippen LogP contribution in [0.4, 0.5) is 5.82 Å². The average molecular weight is 326 g/mol. The average Bonchev–Trinajstić information content (AvgIpc) is 3.17. The normalized spacial score (nSPS) is 13.5. The summed E-state index contributed by atoms with van der Waals surface area (Å²) < 4.78 is 1.77. The molecule has 0 atom stereocenters. The molecule has 1 aliphatic rings. The zero-order chi connectivity index (χ0) is 16.1. The molecule has 5 nitrogen and oxygen atoms in total. The van der Waals surface area contributed by atoms with Crippen LogP contribution < -0.4 is 5.32 Å². The lowest BCUT2D eigenvalue weighted by molar-refractivity contribution is 0.102. The number of benzene rings is 1. The van der Waals surface area contributed by atoms with Crippen LogP contribution >= 0.6 is 11.8 Å². The van der Waals surface area contributed by atoms with Gasteiger partial charge in [0.2, 0.25) is 0 Å². The summed E-state index contributed by atoms with van der Waals surface area (Å²) in [6, 6.07) is 5.84. The SMILES string of the molecule is Cc1[nH]c2c(C(=O)Nc3c4c(nn3C)CSC4)cccc2c1C. The molecule has 1 aromatic carbocycles. The van der Waals surface area contributed by atoms with Gasteiger partial charge in [-0.15, -0.1) is 0 Å². The minimum atomic E-state index is -0.0976. The van der Waals surface area contributed by atoms with Gasteiger partial charge in [0.15, 0.2) is 0 Å². The predicted octanol–water partition coefficient (Wildman–Crippen LogP) is 3.52. The van der Waals surface area contributed by atoms with Gasteiger partial charge in [-0.05, 0) is 25.5 Å². The predicted molar refractivity (Wildman–Crippen MR) is 93.9 cm³/mol. The Morgan fingerprint density at radius 1 is 1.35 bits per heavy atom. The summed E-state index contributed by atoms with van der Waals surface area (Å²) in [6.45, 7) is 4.10. The Bertz CT molecular complexity index is 938. The fraction of sp³-hybridized carbons (Fsp3) is 0.294. The Balaban J connectivity index is 1.75. The number of carbonyl (C=O) groups is 1. The summed E-state index contributed by atoms with van der Waals surface area (Å²) in [7, 11) is 1.88. The Hall–Kier alpha value is -2.21. The molecule has 0 aliphatic carbocycles. The van der Waals surface area contributed by atoms with Crippen molar-refractivity contribution in [1.82, 2.24) is 14.8 Å².